The van der Waals surface area contributed by atoms with Crippen LogP contribution >= 0.6 is 11.6 Å². The number of aryl methyl sites for hydroxylation is 2. The molecule has 1 N–H and O–H groups in total. The summed E-state index contributed by atoms with van der Waals surface area (Å²) in [7, 11) is 0. The number of carboxylic acid groups (broad SMARTS) is 1. The molecule has 0 saturated carbocycles. The van der Waals surface area contributed by atoms with E-state index < -0.39 is 5.97 Å². The molecule has 0 saturated heterocycles. The molecule has 0 spiro atoms. The van der Waals surface area contributed by atoms with Crippen molar-refractivity contribution >= 4 is 17.6 Å². The Kier molecular flexibility index (Phi) is 8.95. The average Bonchev–Trinajstić information content (AvgIpc) is 2.80. The van der Waals surface area contributed by atoms with E-state index in [-0.39, 0.29) is 12.5 Å². The standard InChI is InChI=1S/C26H28ClNO5/c1-3-19-15-23(11-9-20(19)10-12-25(29)30)31-14-13-18(2)32-26-24(16-21(27)17-28-26)33-22-7-5-4-6-8-22/h4-9,11,15-18H,3,10,12-14H2,1-2H3,(H,29,30)/t18-/m0/s1. The third-order valence-electron chi connectivity index (χ3n) is 5.03. The van der Waals surface area contributed by atoms with E-state index in [0.717, 1.165) is 23.3 Å². The molecule has 6 nitrogen and oxygen atoms in total. The molecule has 174 valence electrons. The molecule has 0 amide bonds. The zero-order valence-corrected chi connectivity index (χ0v) is 19.5. The van der Waals surface area contributed by atoms with E-state index in [9.17, 15) is 4.79 Å². The third-order valence-corrected chi connectivity index (χ3v) is 5.24. The number of aliphatic carboxylic acids is 1. The van der Waals surface area contributed by atoms with Crippen LogP contribution in [0.25, 0.3) is 0 Å². The van der Waals surface area contributed by atoms with E-state index in [2.05, 4.69) is 4.98 Å². The van der Waals surface area contributed by atoms with Gasteiger partial charge < -0.3 is 19.3 Å². The first-order valence-electron chi connectivity index (χ1n) is 11.0. The van der Waals surface area contributed by atoms with Gasteiger partial charge in [-0.05, 0) is 55.2 Å². The Morgan fingerprint density at radius 1 is 1.09 bits per heavy atom. The van der Waals surface area contributed by atoms with Gasteiger partial charge in [-0.25, -0.2) is 4.98 Å². The summed E-state index contributed by atoms with van der Waals surface area (Å²) in [5.41, 5.74) is 2.15. The summed E-state index contributed by atoms with van der Waals surface area (Å²) in [4.78, 5) is 15.1. The zero-order chi connectivity index (χ0) is 23.6. The first-order valence-corrected chi connectivity index (χ1v) is 11.3. The average molecular weight is 470 g/mol. The fraction of sp³-hybridized carbons (Fsp3) is 0.308. The number of hydrogen-bond acceptors (Lipinski definition) is 5. The summed E-state index contributed by atoms with van der Waals surface area (Å²) in [6, 6.07) is 16.9. The lowest BCUT2D eigenvalue weighted by molar-refractivity contribution is -0.136. The van der Waals surface area contributed by atoms with Crippen LogP contribution in [0.5, 0.6) is 23.1 Å². The molecule has 7 heteroatoms. The van der Waals surface area contributed by atoms with Crippen molar-refractivity contribution in [3.8, 4) is 23.1 Å². The lowest BCUT2D eigenvalue weighted by atomic mass is 10.0. The second-order valence-electron chi connectivity index (χ2n) is 7.62. The minimum atomic E-state index is -0.793. The second-order valence-corrected chi connectivity index (χ2v) is 8.05. The topological polar surface area (TPSA) is 77.9 Å². The van der Waals surface area contributed by atoms with Gasteiger partial charge in [0.15, 0.2) is 5.75 Å². The Labute approximate surface area is 199 Å². The van der Waals surface area contributed by atoms with E-state index in [4.69, 9.17) is 30.9 Å². The summed E-state index contributed by atoms with van der Waals surface area (Å²) in [6.45, 7) is 4.45. The SMILES string of the molecule is CCc1cc(OCC[C@H](C)Oc2ncc(Cl)cc2Oc2ccccc2)ccc1CCC(=O)O. The maximum atomic E-state index is 10.8. The van der Waals surface area contributed by atoms with Crippen molar-refractivity contribution in [2.45, 2.75) is 45.6 Å². The number of nitrogens with zero attached hydrogens (tertiary/aromatic N) is 1. The summed E-state index contributed by atoms with van der Waals surface area (Å²) < 4.78 is 17.8. The van der Waals surface area contributed by atoms with Crippen molar-refractivity contribution in [2.75, 3.05) is 6.61 Å². The molecule has 0 aliphatic rings. The van der Waals surface area contributed by atoms with E-state index >= 15 is 0 Å². The lowest BCUT2D eigenvalue weighted by Gasteiger charge is -2.17. The van der Waals surface area contributed by atoms with Crippen molar-refractivity contribution < 1.29 is 24.1 Å². The monoisotopic (exact) mass is 469 g/mol. The molecule has 0 fully saturated rings. The molecule has 1 atom stereocenters. The first-order chi connectivity index (χ1) is 15.9. The van der Waals surface area contributed by atoms with Crippen LogP contribution in [0.1, 0.15) is 37.8 Å². The van der Waals surface area contributed by atoms with Crippen LogP contribution in [0.2, 0.25) is 5.02 Å². The van der Waals surface area contributed by atoms with Crippen LogP contribution in [0.15, 0.2) is 60.8 Å². The number of benzene rings is 2. The molecule has 0 unspecified atom stereocenters. The highest BCUT2D eigenvalue weighted by atomic mass is 35.5. The van der Waals surface area contributed by atoms with Gasteiger partial charge in [0.1, 0.15) is 17.6 Å². The molecule has 2 aromatic carbocycles. The number of pyridine rings is 1. The molecule has 1 aromatic heterocycles. The zero-order valence-electron chi connectivity index (χ0n) is 18.8. The van der Waals surface area contributed by atoms with Crippen molar-refractivity contribution in [3.63, 3.8) is 0 Å². The van der Waals surface area contributed by atoms with Crippen LogP contribution in [0.4, 0.5) is 0 Å². The maximum absolute atomic E-state index is 10.8. The third kappa shape index (κ3) is 7.68. The number of para-hydroxylation sites is 1. The predicted molar refractivity (Wildman–Crippen MR) is 128 cm³/mol. The molecule has 0 aliphatic heterocycles. The molecular formula is C26H28ClNO5. The predicted octanol–water partition coefficient (Wildman–Crippen LogP) is 6.34. The highest BCUT2D eigenvalue weighted by molar-refractivity contribution is 6.30. The van der Waals surface area contributed by atoms with Gasteiger partial charge in [-0.3, -0.25) is 4.79 Å². The van der Waals surface area contributed by atoms with E-state index in [1.807, 2.05) is 62.4 Å². The number of halogens is 1. The van der Waals surface area contributed by atoms with Crippen molar-refractivity contribution in [2.24, 2.45) is 0 Å². The van der Waals surface area contributed by atoms with Crippen LogP contribution < -0.4 is 14.2 Å². The molecule has 0 bridgehead atoms. The minimum absolute atomic E-state index is 0.122. The normalized spacial score (nSPS) is 11.6. The summed E-state index contributed by atoms with van der Waals surface area (Å²) in [6.07, 6.45) is 3.45. The van der Waals surface area contributed by atoms with Crippen LogP contribution in [-0.2, 0) is 17.6 Å². The summed E-state index contributed by atoms with van der Waals surface area (Å²) in [5, 5.41) is 9.38. The first kappa shape index (κ1) is 24.4. The van der Waals surface area contributed by atoms with Gasteiger partial charge in [0.25, 0.3) is 5.88 Å². The molecule has 0 aliphatic carbocycles. The number of carboxylic acids is 1. The van der Waals surface area contributed by atoms with Gasteiger partial charge in [0, 0.05) is 25.1 Å². The number of ether oxygens (including phenoxy) is 3. The smallest absolute Gasteiger partial charge is 0.303 e. The Morgan fingerprint density at radius 3 is 2.61 bits per heavy atom. The number of rotatable bonds is 12. The minimum Gasteiger partial charge on any atom is -0.493 e. The van der Waals surface area contributed by atoms with E-state index in [1.54, 1.807) is 6.07 Å². The lowest BCUT2D eigenvalue weighted by Crippen LogP contribution is -2.17. The van der Waals surface area contributed by atoms with Gasteiger partial charge in [-0.2, -0.15) is 0 Å². The van der Waals surface area contributed by atoms with Gasteiger partial charge in [0.2, 0.25) is 0 Å². The Morgan fingerprint density at radius 2 is 1.88 bits per heavy atom. The highest BCUT2D eigenvalue weighted by Crippen LogP contribution is 2.32. The number of aromatic nitrogens is 1. The Bertz CT molecular complexity index is 1060. The highest BCUT2D eigenvalue weighted by Gasteiger charge is 2.14. The van der Waals surface area contributed by atoms with Gasteiger partial charge in [0.05, 0.1) is 11.6 Å². The van der Waals surface area contributed by atoms with Gasteiger partial charge in [-0.1, -0.05) is 42.8 Å². The van der Waals surface area contributed by atoms with E-state index in [1.165, 1.54) is 6.20 Å². The molecule has 3 rings (SSSR count). The molecule has 3 aromatic rings. The molecule has 0 radical (unpaired) electrons. The van der Waals surface area contributed by atoms with Gasteiger partial charge in [-0.15, -0.1) is 0 Å². The fourth-order valence-corrected chi connectivity index (χ4v) is 3.43. The molecule has 33 heavy (non-hydrogen) atoms. The maximum Gasteiger partial charge on any atom is 0.303 e. The Hall–Kier alpha value is -3.25. The fourth-order valence-electron chi connectivity index (χ4n) is 3.28. The summed E-state index contributed by atoms with van der Waals surface area (Å²) in [5.74, 6) is 1.45. The van der Waals surface area contributed by atoms with Crippen LogP contribution in [-0.4, -0.2) is 28.8 Å². The quantitative estimate of drug-likeness (QED) is 0.333. The number of hydrogen-bond donors (Lipinski definition) is 1. The van der Waals surface area contributed by atoms with Gasteiger partial charge >= 0.3 is 5.97 Å². The number of carbonyl (C=O) groups is 1. The van der Waals surface area contributed by atoms with Crippen LogP contribution in [0, 0.1) is 0 Å². The van der Waals surface area contributed by atoms with Crippen LogP contribution in [0.3, 0.4) is 0 Å². The van der Waals surface area contributed by atoms with E-state index in [0.29, 0.717) is 41.9 Å². The summed E-state index contributed by atoms with van der Waals surface area (Å²) >= 11 is 6.09. The van der Waals surface area contributed by atoms with Crippen molar-refractivity contribution in [3.05, 3.63) is 76.9 Å². The second kappa shape index (κ2) is 12.1. The largest absolute Gasteiger partial charge is 0.493 e. The molecular weight excluding hydrogens is 442 g/mol. The molecule has 1 heterocycles. The van der Waals surface area contributed by atoms with Crippen molar-refractivity contribution in [1.29, 1.82) is 0 Å². The van der Waals surface area contributed by atoms with Crippen molar-refractivity contribution in [1.82, 2.24) is 4.98 Å². The Balaban J connectivity index is 1.55.